The van der Waals surface area contributed by atoms with Crippen LogP contribution in [0.1, 0.15) is 51.9 Å². The molecule has 1 rings (SSSR count). The molecule has 0 fully saturated rings. The van der Waals surface area contributed by atoms with Crippen molar-refractivity contribution in [3.8, 4) is 0 Å². The Bertz CT molecular complexity index is 523. The smallest absolute Gasteiger partial charge is 0.181 e. The van der Waals surface area contributed by atoms with E-state index in [9.17, 15) is 9.90 Å². The Kier molecular flexibility index (Phi) is 11.6. The molecule has 25 heavy (non-hydrogen) atoms. The maximum Gasteiger partial charge on any atom is 0.181 e. The second kappa shape index (κ2) is 13.6. The van der Waals surface area contributed by atoms with Crippen LogP contribution in [0.25, 0.3) is 0 Å². The van der Waals surface area contributed by atoms with Crippen molar-refractivity contribution >= 4 is 5.78 Å². The standard InChI is InChI=1S/C22H32O3/c1-2-3-4-5-6-10-13-20(24)15-16-21-19(14-17-22(21)25)12-9-7-8-11-18-23/h3-4,6-7,9-10,14,16-17,19-20,23-24H,2,5,8,11-13,15,18H2,1H3/b4-3-,9-7-,10-6-,21-16+/t19-,20-/m0/s1. The van der Waals surface area contributed by atoms with Gasteiger partial charge in [0.05, 0.1) is 6.10 Å². The van der Waals surface area contributed by atoms with Crippen molar-refractivity contribution < 1.29 is 15.0 Å². The van der Waals surface area contributed by atoms with E-state index in [4.69, 9.17) is 5.11 Å². The Morgan fingerprint density at radius 2 is 1.92 bits per heavy atom. The lowest BCUT2D eigenvalue weighted by Gasteiger charge is -2.10. The third kappa shape index (κ3) is 9.37. The van der Waals surface area contributed by atoms with Gasteiger partial charge in [-0.15, -0.1) is 0 Å². The Hall–Kier alpha value is -1.71. The Morgan fingerprint density at radius 1 is 1.12 bits per heavy atom. The van der Waals surface area contributed by atoms with E-state index in [1.165, 1.54) is 0 Å². The number of rotatable bonds is 12. The highest BCUT2D eigenvalue weighted by atomic mass is 16.3. The lowest BCUT2D eigenvalue weighted by molar-refractivity contribution is -0.111. The van der Waals surface area contributed by atoms with Gasteiger partial charge in [-0.1, -0.05) is 55.5 Å². The van der Waals surface area contributed by atoms with Crippen LogP contribution in [0.15, 0.2) is 60.3 Å². The van der Waals surface area contributed by atoms with Crippen molar-refractivity contribution in [2.24, 2.45) is 5.92 Å². The van der Waals surface area contributed by atoms with Crippen LogP contribution in [-0.2, 0) is 4.79 Å². The molecule has 0 aromatic heterocycles. The highest BCUT2D eigenvalue weighted by Gasteiger charge is 2.21. The molecule has 3 nitrogen and oxygen atoms in total. The van der Waals surface area contributed by atoms with Crippen LogP contribution in [-0.4, -0.2) is 28.7 Å². The zero-order valence-electron chi connectivity index (χ0n) is 15.3. The van der Waals surface area contributed by atoms with E-state index in [0.29, 0.717) is 12.8 Å². The average Bonchev–Trinajstić information content (AvgIpc) is 2.96. The first-order chi connectivity index (χ1) is 12.2. The van der Waals surface area contributed by atoms with E-state index in [-0.39, 0.29) is 18.3 Å². The first-order valence-electron chi connectivity index (χ1n) is 9.35. The van der Waals surface area contributed by atoms with Gasteiger partial charge < -0.3 is 10.2 Å². The van der Waals surface area contributed by atoms with Crippen LogP contribution < -0.4 is 0 Å². The molecule has 0 aromatic carbocycles. The van der Waals surface area contributed by atoms with Crippen LogP contribution in [0.5, 0.6) is 0 Å². The van der Waals surface area contributed by atoms with Crippen molar-refractivity contribution in [2.75, 3.05) is 6.61 Å². The fraction of sp³-hybridized carbons (Fsp3) is 0.500. The molecule has 1 aliphatic rings. The van der Waals surface area contributed by atoms with Gasteiger partial charge in [0.15, 0.2) is 5.78 Å². The summed E-state index contributed by atoms with van der Waals surface area (Å²) in [5.41, 5.74) is 0.792. The topological polar surface area (TPSA) is 57.5 Å². The first kappa shape index (κ1) is 21.3. The van der Waals surface area contributed by atoms with Gasteiger partial charge >= 0.3 is 0 Å². The summed E-state index contributed by atoms with van der Waals surface area (Å²) >= 11 is 0. The molecule has 2 atom stereocenters. The molecular weight excluding hydrogens is 312 g/mol. The molecule has 0 saturated heterocycles. The SMILES string of the molecule is CC/C=C\C/C=C\C[C@H](O)C/C=C1/C(=O)C=C[C@@H]1C/C=C\CCCO. The molecule has 0 unspecified atom stereocenters. The lowest BCUT2D eigenvalue weighted by Crippen LogP contribution is -2.07. The molecule has 1 aliphatic carbocycles. The molecule has 2 N–H and O–H groups in total. The van der Waals surface area contributed by atoms with Crippen LogP contribution in [0.2, 0.25) is 0 Å². The minimum atomic E-state index is -0.451. The Labute approximate surface area is 152 Å². The number of carbonyl (C=O) groups excluding carboxylic acids is 1. The van der Waals surface area contributed by atoms with E-state index < -0.39 is 6.10 Å². The third-order valence-corrected chi connectivity index (χ3v) is 4.11. The fourth-order valence-electron chi connectivity index (χ4n) is 2.66. The maximum absolute atomic E-state index is 12.0. The van der Waals surface area contributed by atoms with Gasteiger partial charge in [-0.3, -0.25) is 4.79 Å². The molecule has 0 spiro atoms. The van der Waals surface area contributed by atoms with Crippen molar-refractivity contribution in [2.45, 2.75) is 58.0 Å². The summed E-state index contributed by atoms with van der Waals surface area (Å²) in [6.07, 6.45) is 22.9. The number of allylic oxidation sites excluding steroid dienone is 8. The average molecular weight is 344 g/mol. The van der Waals surface area contributed by atoms with Crippen molar-refractivity contribution in [3.05, 3.63) is 60.3 Å². The molecule has 0 heterocycles. The van der Waals surface area contributed by atoms with Gasteiger partial charge in [0.2, 0.25) is 0 Å². The lowest BCUT2D eigenvalue weighted by atomic mass is 9.96. The van der Waals surface area contributed by atoms with Crippen LogP contribution in [0, 0.1) is 5.92 Å². The van der Waals surface area contributed by atoms with Crippen LogP contribution >= 0.6 is 0 Å². The first-order valence-corrected chi connectivity index (χ1v) is 9.35. The molecule has 0 saturated carbocycles. The molecule has 0 bridgehead atoms. The minimum absolute atomic E-state index is 0.0567. The van der Waals surface area contributed by atoms with Crippen molar-refractivity contribution in [3.63, 3.8) is 0 Å². The second-order valence-electron chi connectivity index (χ2n) is 6.27. The number of hydrogen-bond donors (Lipinski definition) is 2. The number of unbranched alkanes of at least 4 members (excludes halogenated alkanes) is 1. The zero-order chi connectivity index (χ0) is 18.3. The Balaban J connectivity index is 2.40. The number of ketones is 1. The highest BCUT2D eigenvalue weighted by Crippen LogP contribution is 2.26. The largest absolute Gasteiger partial charge is 0.396 e. The normalized spacial score (nSPS) is 20.8. The van der Waals surface area contributed by atoms with E-state index in [1.54, 1.807) is 6.08 Å². The van der Waals surface area contributed by atoms with Gasteiger partial charge in [-0.05, 0) is 51.0 Å². The van der Waals surface area contributed by atoms with E-state index >= 15 is 0 Å². The summed E-state index contributed by atoms with van der Waals surface area (Å²) in [4.78, 5) is 12.0. The van der Waals surface area contributed by atoms with Gasteiger partial charge in [0.1, 0.15) is 0 Å². The quantitative estimate of drug-likeness (QED) is 0.313. The minimum Gasteiger partial charge on any atom is -0.396 e. The fourth-order valence-corrected chi connectivity index (χ4v) is 2.66. The number of aliphatic hydroxyl groups excluding tert-OH is 2. The third-order valence-electron chi connectivity index (χ3n) is 4.11. The number of aliphatic hydroxyl groups is 2. The van der Waals surface area contributed by atoms with Crippen LogP contribution in [0.3, 0.4) is 0 Å². The van der Waals surface area contributed by atoms with E-state index in [2.05, 4.69) is 37.3 Å². The summed E-state index contributed by atoms with van der Waals surface area (Å²) < 4.78 is 0. The zero-order valence-corrected chi connectivity index (χ0v) is 15.3. The van der Waals surface area contributed by atoms with Gasteiger partial charge in [0.25, 0.3) is 0 Å². The molecule has 0 aliphatic heterocycles. The predicted molar refractivity (Wildman–Crippen MR) is 104 cm³/mol. The van der Waals surface area contributed by atoms with Gasteiger partial charge in [-0.25, -0.2) is 0 Å². The van der Waals surface area contributed by atoms with Gasteiger partial charge in [0, 0.05) is 18.1 Å². The summed E-state index contributed by atoms with van der Waals surface area (Å²) in [7, 11) is 0. The maximum atomic E-state index is 12.0. The molecule has 3 heteroatoms. The summed E-state index contributed by atoms with van der Waals surface area (Å²) in [6.45, 7) is 2.31. The number of carbonyl (C=O) groups is 1. The highest BCUT2D eigenvalue weighted by molar-refractivity contribution is 6.07. The molecule has 138 valence electrons. The molecule has 0 radical (unpaired) electrons. The monoisotopic (exact) mass is 344 g/mol. The van der Waals surface area contributed by atoms with Crippen molar-refractivity contribution in [1.29, 1.82) is 0 Å². The number of hydrogen-bond acceptors (Lipinski definition) is 3. The van der Waals surface area contributed by atoms with E-state index in [0.717, 1.165) is 37.7 Å². The molecule has 0 amide bonds. The summed E-state index contributed by atoms with van der Waals surface area (Å²) in [6, 6.07) is 0. The second-order valence-corrected chi connectivity index (χ2v) is 6.27. The Morgan fingerprint density at radius 3 is 2.68 bits per heavy atom. The molecular formula is C22H32O3. The van der Waals surface area contributed by atoms with Crippen molar-refractivity contribution in [1.82, 2.24) is 0 Å². The van der Waals surface area contributed by atoms with Gasteiger partial charge in [-0.2, -0.15) is 0 Å². The predicted octanol–water partition coefficient (Wildman–Crippen LogP) is 4.44. The summed E-state index contributed by atoms with van der Waals surface area (Å²) in [5, 5.41) is 18.8. The van der Waals surface area contributed by atoms with E-state index in [1.807, 2.05) is 18.2 Å². The molecule has 0 aromatic rings. The summed E-state index contributed by atoms with van der Waals surface area (Å²) in [5.74, 6) is 0.168. The van der Waals surface area contributed by atoms with Crippen LogP contribution in [0.4, 0.5) is 0 Å².